The number of hydrogen-bond donors (Lipinski definition) is 3. The molecule has 7 heteroatoms. The van der Waals surface area contributed by atoms with Crippen molar-refractivity contribution in [3.63, 3.8) is 0 Å². The lowest BCUT2D eigenvalue weighted by atomic mass is 9.85. The van der Waals surface area contributed by atoms with Crippen molar-refractivity contribution in [1.29, 1.82) is 0 Å². The summed E-state index contributed by atoms with van der Waals surface area (Å²) < 4.78 is 3.15. The Labute approximate surface area is 205 Å². The summed E-state index contributed by atoms with van der Waals surface area (Å²) in [5.74, 6) is 0.710. The second-order valence-electron chi connectivity index (χ2n) is 5.69. The zero-order chi connectivity index (χ0) is 19.0. The average Bonchev–Trinajstić information content (AvgIpc) is 2.59. The van der Waals surface area contributed by atoms with Gasteiger partial charge in [-0.05, 0) is 143 Å². The summed E-state index contributed by atoms with van der Waals surface area (Å²) in [4.78, 5) is 0. The molecule has 0 fully saturated rings. The first-order valence-electron chi connectivity index (χ1n) is 7.42. The molecule has 3 nitrogen and oxygen atoms in total. The summed E-state index contributed by atoms with van der Waals surface area (Å²) in [5.41, 5.74) is 3.11. The van der Waals surface area contributed by atoms with E-state index in [2.05, 4.69) is 90.4 Å². The highest BCUT2D eigenvalue weighted by molar-refractivity contribution is 14.1. The molecule has 0 radical (unpaired) electrons. The number of benzene rings is 3. The van der Waals surface area contributed by atoms with E-state index in [4.69, 9.17) is 0 Å². The van der Waals surface area contributed by atoms with Crippen molar-refractivity contribution in [2.45, 2.75) is 5.92 Å². The molecular formula is C19H12I4O3. The van der Waals surface area contributed by atoms with Crippen molar-refractivity contribution >= 4 is 90.4 Å². The normalized spacial score (nSPS) is 11.1. The van der Waals surface area contributed by atoms with Crippen molar-refractivity contribution in [3.8, 4) is 17.2 Å². The van der Waals surface area contributed by atoms with Crippen LogP contribution in [-0.2, 0) is 0 Å². The van der Waals surface area contributed by atoms with E-state index in [1.54, 1.807) is 12.1 Å². The lowest BCUT2D eigenvalue weighted by Gasteiger charge is -2.21. The lowest BCUT2D eigenvalue weighted by molar-refractivity contribution is 0.467. The molecule has 0 aromatic heterocycles. The summed E-state index contributed by atoms with van der Waals surface area (Å²) >= 11 is 8.54. The number of phenolic OH excluding ortho intramolecular Hbond substituents is 3. The van der Waals surface area contributed by atoms with Gasteiger partial charge in [-0.3, -0.25) is 0 Å². The predicted octanol–water partition coefficient (Wildman–Crippen LogP) is 6.40. The third kappa shape index (κ3) is 4.35. The monoisotopic (exact) mass is 796 g/mol. The standard InChI is InChI=1S/C19H12I4O3/c20-13-5-10(6-14(21)18(13)25)17(9-1-3-12(24)4-2-9)11-7-15(22)19(26)16(23)8-11/h1-8,17,24-26H. The van der Waals surface area contributed by atoms with Crippen LogP contribution in [0, 0.1) is 14.3 Å². The van der Waals surface area contributed by atoms with Crippen molar-refractivity contribution in [2.24, 2.45) is 0 Å². The molecule has 26 heavy (non-hydrogen) atoms. The molecule has 0 aliphatic heterocycles. The van der Waals surface area contributed by atoms with Gasteiger partial charge < -0.3 is 15.3 Å². The van der Waals surface area contributed by atoms with Crippen LogP contribution in [0.4, 0.5) is 0 Å². The van der Waals surface area contributed by atoms with Gasteiger partial charge in [-0.2, -0.15) is 0 Å². The Kier molecular flexibility index (Phi) is 6.81. The van der Waals surface area contributed by atoms with Crippen LogP contribution in [0.5, 0.6) is 17.2 Å². The van der Waals surface area contributed by atoms with Crippen LogP contribution in [0.25, 0.3) is 0 Å². The largest absolute Gasteiger partial charge is 0.508 e. The van der Waals surface area contributed by atoms with Gasteiger partial charge in [-0.15, -0.1) is 0 Å². The van der Waals surface area contributed by atoms with Crippen LogP contribution in [0.3, 0.4) is 0 Å². The number of rotatable bonds is 3. The number of hydrogen-bond acceptors (Lipinski definition) is 3. The summed E-state index contributed by atoms with van der Waals surface area (Å²) in [7, 11) is 0. The van der Waals surface area contributed by atoms with Gasteiger partial charge >= 0.3 is 0 Å². The van der Waals surface area contributed by atoms with Gasteiger partial charge in [0.05, 0.1) is 14.3 Å². The van der Waals surface area contributed by atoms with Crippen LogP contribution < -0.4 is 0 Å². The molecule has 3 rings (SSSR count). The average molecular weight is 796 g/mol. The highest BCUT2D eigenvalue weighted by Gasteiger charge is 2.21. The molecule has 0 saturated carbocycles. The second kappa shape index (κ2) is 8.55. The Morgan fingerprint density at radius 2 is 0.885 bits per heavy atom. The van der Waals surface area contributed by atoms with E-state index in [1.165, 1.54) is 0 Å². The molecule has 0 amide bonds. The first-order chi connectivity index (χ1) is 12.3. The number of phenols is 3. The summed E-state index contributed by atoms with van der Waals surface area (Å²) in [6.45, 7) is 0. The summed E-state index contributed by atoms with van der Waals surface area (Å²) in [5, 5.41) is 29.9. The van der Waals surface area contributed by atoms with E-state index in [-0.39, 0.29) is 23.2 Å². The van der Waals surface area contributed by atoms with E-state index in [1.807, 2.05) is 36.4 Å². The van der Waals surface area contributed by atoms with Crippen molar-refractivity contribution in [3.05, 3.63) is 79.5 Å². The Morgan fingerprint density at radius 3 is 1.23 bits per heavy atom. The molecule has 3 aromatic carbocycles. The molecule has 3 N–H and O–H groups in total. The minimum atomic E-state index is -0.0825. The van der Waals surface area contributed by atoms with Gasteiger partial charge in [0.1, 0.15) is 17.2 Å². The molecule has 0 spiro atoms. The smallest absolute Gasteiger partial charge is 0.142 e. The Bertz CT molecular complexity index is 868. The third-order valence-electron chi connectivity index (χ3n) is 3.97. The molecule has 0 saturated heterocycles. The van der Waals surface area contributed by atoms with Gasteiger partial charge in [0.15, 0.2) is 0 Å². The SMILES string of the molecule is Oc1ccc(C(c2cc(I)c(O)c(I)c2)c2cc(I)c(O)c(I)c2)cc1. The molecule has 0 unspecified atom stereocenters. The topological polar surface area (TPSA) is 60.7 Å². The molecule has 0 heterocycles. The maximum Gasteiger partial charge on any atom is 0.142 e. The fraction of sp³-hybridized carbons (Fsp3) is 0.0526. The van der Waals surface area contributed by atoms with Crippen LogP contribution >= 0.6 is 90.4 Å². The van der Waals surface area contributed by atoms with Crippen molar-refractivity contribution in [1.82, 2.24) is 0 Å². The molecule has 0 aliphatic carbocycles. The lowest BCUT2D eigenvalue weighted by Crippen LogP contribution is -2.05. The zero-order valence-corrected chi connectivity index (χ0v) is 21.7. The molecule has 0 bridgehead atoms. The maximum absolute atomic E-state index is 10.1. The van der Waals surface area contributed by atoms with E-state index in [0.29, 0.717) is 0 Å². The van der Waals surface area contributed by atoms with Crippen LogP contribution in [0.1, 0.15) is 22.6 Å². The maximum atomic E-state index is 10.1. The molecular weight excluding hydrogens is 784 g/mol. The third-order valence-corrected chi connectivity index (χ3v) is 7.26. The van der Waals surface area contributed by atoms with Crippen molar-refractivity contribution in [2.75, 3.05) is 0 Å². The quantitative estimate of drug-likeness (QED) is 0.213. The Morgan fingerprint density at radius 1 is 0.538 bits per heavy atom. The minimum Gasteiger partial charge on any atom is -0.508 e. The fourth-order valence-corrected chi connectivity index (χ4v) is 6.38. The van der Waals surface area contributed by atoms with E-state index in [0.717, 1.165) is 31.0 Å². The van der Waals surface area contributed by atoms with Gasteiger partial charge in [0, 0.05) is 5.92 Å². The fourth-order valence-electron chi connectivity index (χ4n) is 2.75. The number of halogens is 4. The van der Waals surface area contributed by atoms with Crippen molar-refractivity contribution < 1.29 is 15.3 Å². The van der Waals surface area contributed by atoms with Gasteiger partial charge in [-0.25, -0.2) is 0 Å². The zero-order valence-electron chi connectivity index (χ0n) is 13.0. The van der Waals surface area contributed by atoms with Gasteiger partial charge in [-0.1, -0.05) is 12.1 Å². The molecule has 0 aliphatic rings. The first kappa shape index (κ1) is 20.7. The van der Waals surface area contributed by atoms with E-state index >= 15 is 0 Å². The summed E-state index contributed by atoms with van der Waals surface area (Å²) in [6, 6.07) is 15.1. The van der Waals surface area contributed by atoms with E-state index < -0.39 is 0 Å². The Hall–Kier alpha value is -0.0200. The molecule has 3 aromatic rings. The van der Waals surface area contributed by atoms with Crippen LogP contribution in [0.2, 0.25) is 0 Å². The summed E-state index contributed by atoms with van der Waals surface area (Å²) in [6.07, 6.45) is 0. The van der Waals surface area contributed by atoms with E-state index in [9.17, 15) is 15.3 Å². The van der Waals surface area contributed by atoms with Crippen LogP contribution in [0.15, 0.2) is 48.5 Å². The highest BCUT2D eigenvalue weighted by Crippen LogP contribution is 2.39. The minimum absolute atomic E-state index is 0.0825. The number of aromatic hydroxyl groups is 3. The Balaban J connectivity index is 2.25. The first-order valence-corrected chi connectivity index (χ1v) is 11.7. The molecule has 0 atom stereocenters. The highest BCUT2D eigenvalue weighted by atomic mass is 127. The van der Waals surface area contributed by atoms with Crippen LogP contribution in [-0.4, -0.2) is 15.3 Å². The predicted molar refractivity (Wildman–Crippen MR) is 136 cm³/mol. The van der Waals surface area contributed by atoms with Gasteiger partial charge in [0.25, 0.3) is 0 Å². The second-order valence-corrected chi connectivity index (χ2v) is 10.3. The van der Waals surface area contributed by atoms with Gasteiger partial charge in [0.2, 0.25) is 0 Å². The molecule has 134 valence electrons.